The van der Waals surface area contributed by atoms with E-state index in [-0.39, 0.29) is 26.2 Å². The summed E-state index contributed by atoms with van der Waals surface area (Å²) < 4.78 is 30.3. The van der Waals surface area contributed by atoms with Gasteiger partial charge in [0.2, 0.25) is 0 Å². The van der Waals surface area contributed by atoms with Gasteiger partial charge in [0, 0.05) is 14.7 Å². The molecule has 1 heterocycles. The molecule has 0 radical (unpaired) electrons. The van der Waals surface area contributed by atoms with Crippen molar-refractivity contribution in [2.45, 2.75) is 107 Å². The summed E-state index contributed by atoms with van der Waals surface area (Å²) in [6.07, 6.45) is -10.1. The van der Waals surface area contributed by atoms with Gasteiger partial charge >= 0.3 is 6.09 Å². The summed E-state index contributed by atoms with van der Waals surface area (Å²) in [4.78, 5) is 21.2. The van der Waals surface area contributed by atoms with Gasteiger partial charge in [-0.3, -0.25) is 0 Å². The first-order chi connectivity index (χ1) is 23.5. The van der Waals surface area contributed by atoms with Crippen molar-refractivity contribution < 1.29 is 38.7 Å². The second-order valence-corrected chi connectivity index (χ2v) is 12.5. The number of nitrogens with zero attached hydrogens (tertiary/aromatic N) is 9. The number of rotatable bonds is 13. The molecule has 18 nitrogen and oxygen atoms in total. The molecule has 1 aliphatic carbocycles. The third kappa shape index (κ3) is 10.4. The molecular formula is C31H40N10O8. The van der Waals surface area contributed by atoms with Gasteiger partial charge in [-0.05, 0) is 54.9 Å². The molecular weight excluding hydrogens is 640 g/mol. The normalized spacial score (nSPS) is 29.7. The molecule has 18 heteroatoms. The largest absolute Gasteiger partial charge is 0.444 e. The van der Waals surface area contributed by atoms with Gasteiger partial charge in [0.05, 0.1) is 44.1 Å². The first kappa shape index (κ1) is 37.2. The van der Waals surface area contributed by atoms with Crippen molar-refractivity contribution >= 4 is 6.09 Å². The predicted octanol–water partition coefficient (Wildman–Crippen LogP) is 4.95. The number of amides is 1. The van der Waals surface area contributed by atoms with Crippen LogP contribution in [0.15, 0.2) is 76.0 Å². The summed E-state index contributed by atoms with van der Waals surface area (Å²) in [5.41, 5.74) is 29.0. The average Bonchev–Trinajstić information content (AvgIpc) is 3.07. The molecule has 1 saturated carbocycles. The number of hydrogen-bond acceptors (Lipinski definition) is 11. The molecule has 1 aliphatic heterocycles. The highest BCUT2D eigenvalue weighted by molar-refractivity contribution is 5.68. The van der Waals surface area contributed by atoms with Crippen LogP contribution in [0.1, 0.15) is 38.3 Å². The van der Waals surface area contributed by atoms with Crippen LogP contribution in [-0.2, 0) is 36.9 Å². The Morgan fingerprint density at radius 2 is 1.47 bits per heavy atom. The van der Waals surface area contributed by atoms with E-state index in [1.54, 1.807) is 20.8 Å². The molecule has 2 aliphatic rings. The monoisotopic (exact) mass is 680 g/mol. The van der Waals surface area contributed by atoms with Crippen LogP contribution >= 0.6 is 0 Å². The first-order valence-electron chi connectivity index (χ1n) is 15.6. The zero-order valence-electron chi connectivity index (χ0n) is 27.2. The number of hydrogen-bond donors (Lipinski definition) is 3. The van der Waals surface area contributed by atoms with Crippen molar-refractivity contribution in [2.24, 2.45) is 15.3 Å². The highest BCUT2D eigenvalue weighted by Gasteiger charge is 2.52. The SMILES string of the molecule is CC(C)(C)OC(=O)N[C@@H]1CC(N=[N+]=[N-])C(O[C@@H]2OC(CN=[N+]=[N-])[C@H](OCc3ccccc3)[C@H](OCc3ccccc3)C2N=[N+]=[N-])[C@H](O)C1O. The van der Waals surface area contributed by atoms with Crippen LogP contribution in [0.2, 0.25) is 0 Å². The average molecular weight is 681 g/mol. The van der Waals surface area contributed by atoms with Crippen LogP contribution in [0.5, 0.6) is 0 Å². The van der Waals surface area contributed by atoms with E-state index in [0.717, 1.165) is 11.1 Å². The van der Waals surface area contributed by atoms with Gasteiger partial charge in [0.25, 0.3) is 0 Å². The molecule has 0 spiro atoms. The summed E-state index contributed by atoms with van der Waals surface area (Å²) in [5.74, 6) is 0. The predicted molar refractivity (Wildman–Crippen MR) is 173 cm³/mol. The Bertz CT molecular complexity index is 1510. The van der Waals surface area contributed by atoms with Crippen molar-refractivity contribution in [1.29, 1.82) is 0 Å². The van der Waals surface area contributed by atoms with Gasteiger partial charge in [-0.15, -0.1) is 0 Å². The molecule has 4 rings (SSSR count). The Morgan fingerprint density at radius 3 is 2.02 bits per heavy atom. The topological polar surface area (TPSA) is 262 Å². The molecule has 0 aromatic heterocycles. The number of azide groups is 3. The molecule has 2 fully saturated rings. The minimum atomic E-state index is -1.72. The lowest BCUT2D eigenvalue weighted by atomic mass is 9.84. The van der Waals surface area contributed by atoms with Crippen LogP contribution in [0.4, 0.5) is 4.79 Å². The number of aliphatic hydroxyl groups excluding tert-OH is 2. The zero-order valence-corrected chi connectivity index (χ0v) is 27.2. The Kier molecular flexibility index (Phi) is 13.4. The van der Waals surface area contributed by atoms with E-state index < -0.39 is 72.7 Å². The van der Waals surface area contributed by atoms with Crippen LogP contribution < -0.4 is 5.32 Å². The summed E-state index contributed by atoms with van der Waals surface area (Å²) in [7, 11) is 0. The zero-order chi connectivity index (χ0) is 35.4. The van der Waals surface area contributed by atoms with Gasteiger partial charge in [-0.1, -0.05) is 76.0 Å². The van der Waals surface area contributed by atoms with E-state index in [0.29, 0.717) is 0 Å². The maximum atomic E-state index is 12.5. The van der Waals surface area contributed by atoms with E-state index in [2.05, 4.69) is 35.4 Å². The minimum Gasteiger partial charge on any atom is -0.444 e. The Hall–Kier alpha value is -4.60. The lowest BCUT2D eigenvalue weighted by molar-refractivity contribution is -0.300. The van der Waals surface area contributed by atoms with Gasteiger partial charge in [-0.2, -0.15) is 0 Å². The summed E-state index contributed by atoms with van der Waals surface area (Å²) in [5, 5.41) is 36.2. The number of alkyl carbamates (subject to hydrolysis) is 1. The van der Waals surface area contributed by atoms with E-state index >= 15 is 0 Å². The fraction of sp³-hybridized carbons (Fsp3) is 0.581. The summed E-state index contributed by atoms with van der Waals surface area (Å²) in [6, 6.07) is 15.0. The van der Waals surface area contributed by atoms with Gasteiger partial charge in [-0.25, -0.2) is 4.79 Å². The molecule has 3 N–H and O–H groups in total. The minimum absolute atomic E-state index is 0.0687. The highest BCUT2D eigenvalue weighted by atomic mass is 16.7. The quantitative estimate of drug-likeness (QED) is 0.148. The van der Waals surface area contributed by atoms with E-state index in [1.807, 2.05) is 60.7 Å². The lowest BCUT2D eigenvalue weighted by Gasteiger charge is -2.47. The van der Waals surface area contributed by atoms with Crippen LogP contribution in [0.3, 0.4) is 0 Å². The van der Waals surface area contributed by atoms with Crippen molar-refractivity contribution in [1.82, 2.24) is 5.32 Å². The Morgan fingerprint density at radius 1 is 0.878 bits per heavy atom. The standard InChI is InChI=1S/C31H40N10O8/c1-31(2,3)49-30(44)36-20-14-21(37-40-33)26(25(43)24(20)42)48-29-23(38-41-34)28(46-17-19-12-8-5-9-13-19)27(22(47-29)15-35-39-32)45-16-18-10-6-4-7-11-18/h4-13,20-29,42-43H,14-17H2,1-3H3,(H,36,44)/t20-,21?,22?,23?,24?,25-,26?,27+,28-,29+/m1/s1. The van der Waals surface area contributed by atoms with Crippen molar-refractivity contribution in [2.75, 3.05) is 6.54 Å². The molecule has 2 aromatic carbocycles. The number of nitrogens with one attached hydrogen (secondary N) is 1. The molecule has 1 amide bonds. The molecule has 49 heavy (non-hydrogen) atoms. The second-order valence-electron chi connectivity index (χ2n) is 12.5. The molecule has 1 saturated heterocycles. The number of ether oxygens (including phenoxy) is 5. The van der Waals surface area contributed by atoms with E-state index in [1.165, 1.54) is 0 Å². The number of benzene rings is 2. The fourth-order valence-corrected chi connectivity index (χ4v) is 5.68. The molecule has 10 atom stereocenters. The highest BCUT2D eigenvalue weighted by Crippen LogP contribution is 2.35. The second kappa shape index (κ2) is 17.7. The van der Waals surface area contributed by atoms with E-state index in [9.17, 15) is 26.1 Å². The lowest BCUT2D eigenvalue weighted by Crippen LogP contribution is -2.65. The fourth-order valence-electron chi connectivity index (χ4n) is 5.68. The molecule has 262 valence electrons. The van der Waals surface area contributed by atoms with Gasteiger partial charge in [0.15, 0.2) is 6.29 Å². The Labute approximate surface area is 282 Å². The molecule has 2 aromatic rings. The van der Waals surface area contributed by atoms with Crippen molar-refractivity contribution in [3.8, 4) is 0 Å². The van der Waals surface area contributed by atoms with E-state index in [4.69, 9.17) is 29.2 Å². The summed E-state index contributed by atoms with van der Waals surface area (Å²) >= 11 is 0. The third-order valence-electron chi connectivity index (χ3n) is 7.86. The van der Waals surface area contributed by atoms with Gasteiger partial charge in [0.1, 0.15) is 36.1 Å². The maximum Gasteiger partial charge on any atom is 0.407 e. The summed E-state index contributed by atoms with van der Waals surface area (Å²) in [6.45, 7) is 4.94. The van der Waals surface area contributed by atoms with Crippen molar-refractivity contribution in [3.05, 3.63) is 103 Å². The number of aliphatic hydroxyl groups is 2. The van der Waals surface area contributed by atoms with Crippen LogP contribution in [0, 0.1) is 0 Å². The van der Waals surface area contributed by atoms with Crippen LogP contribution in [0.25, 0.3) is 31.3 Å². The third-order valence-corrected chi connectivity index (χ3v) is 7.86. The first-order valence-corrected chi connectivity index (χ1v) is 15.6. The number of carbonyl (C=O) groups is 1. The Balaban J connectivity index is 1.65. The number of carbonyl (C=O) groups excluding carboxylic acids is 1. The smallest absolute Gasteiger partial charge is 0.407 e. The maximum absolute atomic E-state index is 12.5. The van der Waals surface area contributed by atoms with Crippen molar-refractivity contribution in [3.63, 3.8) is 0 Å². The molecule has 0 bridgehead atoms. The van der Waals surface area contributed by atoms with Crippen LogP contribution in [-0.4, -0.2) is 89.5 Å². The van der Waals surface area contributed by atoms with Gasteiger partial charge < -0.3 is 39.2 Å². The molecule has 5 unspecified atom stereocenters.